The number of rotatable bonds is 8. The number of hydrogen-bond acceptors (Lipinski definition) is 8. The quantitative estimate of drug-likeness (QED) is 0.221. The second-order valence-corrected chi connectivity index (χ2v) is 10.5. The number of carbonyl (C=O) groups excluding carboxylic acids is 3. The van der Waals surface area contributed by atoms with E-state index >= 15 is 0 Å². The highest BCUT2D eigenvalue weighted by Crippen LogP contribution is 2.41. The summed E-state index contributed by atoms with van der Waals surface area (Å²) in [5.41, 5.74) is 3.33. The largest absolute Gasteiger partial charge is 0.503 e. The first-order valence-corrected chi connectivity index (χ1v) is 13.5. The molecule has 0 saturated carbocycles. The minimum atomic E-state index is -0.833. The number of aromatic nitrogens is 4. The van der Waals surface area contributed by atoms with Gasteiger partial charge >= 0.3 is 5.97 Å². The number of nitrogens with zero attached hydrogens (tertiary/aromatic N) is 5. The minimum absolute atomic E-state index is 0.00959. The van der Waals surface area contributed by atoms with Crippen molar-refractivity contribution in [1.29, 1.82) is 0 Å². The van der Waals surface area contributed by atoms with E-state index < -0.39 is 29.5 Å². The number of amides is 1. The van der Waals surface area contributed by atoms with Crippen molar-refractivity contribution >= 4 is 45.0 Å². The minimum Gasteiger partial charge on any atom is -0.503 e. The maximum atomic E-state index is 14.1. The lowest BCUT2D eigenvalue weighted by Crippen LogP contribution is -2.32. The molecule has 1 atom stereocenters. The van der Waals surface area contributed by atoms with Crippen molar-refractivity contribution in [3.05, 3.63) is 100 Å². The number of carbonyl (C=O) groups is 3. The number of aliphatic hydroxyl groups is 1. The van der Waals surface area contributed by atoms with Crippen LogP contribution in [0.4, 0.5) is 0 Å². The number of para-hydroxylation sites is 2. The van der Waals surface area contributed by atoms with Crippen LogP contribution in [0.25, 0.3) is 16.0 Å². The number of aryl methyl sites for hydroxylation is 2. The van der Waals surface area contributed by atoms with E-state index in [9.17, 15) is 19.5 Å². The summed E-state index contributed by atoms with van der Waals surface area (Å²) in [6.45, 7) is 2.73. The number of thiazole rings is 1. The molecule has 0 saturated heterocycles. The molecule has 202 valence electrons. The lowest BCUT2D eigenvalue weighted by Gasteiger charge is -2.27. The highest BCUT2D eigenvalue weighted by molar-refractivity contribution is 7.19. The number of benzene rings is 2. The second-order valence-electron chi connectivity index (χ2n) is 9.50. The molecule has 3 aromatic heterocycles. The van der Waals surface area contributed by atoms with Gasteiger partial charge in [0.2, 0.25) is 5.78 Å². The topological polar surface area (TPSA) is 119 Å². The van der Waals surface area contributed by atoms with Gasteiger partial charge in [0.05, 0.1) is 46.5 Å². The summed E-state index contributed by atoms with van der Waals surface area (Å²) in [6.07, 6.45) is 5.78. The molecule has 40 heavy (non-hydrogen) atoms. The number of ether oxygens (including phenoxy) is 1. The first kappa shape index (κ1) is 25.5. The summed E-state index contributed by atoms with van der Waals surface area (Å²) in [4.78, 5) is 50.8. The molecule has 10 nitrogen and oxygen atoms in total. The molecule has 0 bridgehead atoms. The van der Waals surface area contributed by atoms with E-state index in [0.717, 1.165) is 11.0 Å². The summed E-state index contributed by atoms with van der Waals surface area (Å²) in [6, 6.07) is 13.4. The lowest BCUT2D eigenvalue weighted by atomic mass is 9.94. The average molecular weight is 556 g/mol. The molecule has 1 aliphatic rings. The molecular weight excluding hydrogens is 530 g/mol. The van der Waals surface area contributed by atoms with Crippen LogP contribution < -0.4 is 0 Å². The molecule has 11 heteroatoms. The van der Waals surface area contributed by atoms with Crippen LogP contribution in [-0.4, -0.2) is 60.3 Å². The van der Waals surface area contributed by atoms with Gasteiger partial charge in [0.15, 0.2) is 10.7 Å². The van der Waals surface area contributed by atoms with Crippen molar-refractivity contribution in [2.24, 2.45) is 0 Å². The smallest absolute Gasteiger partial charge is 0.337 e. The van der Waals surface area contributed by atoms with Crippen LogP contribution in [0.3, 0.4) is 0 Å². The summed E-state index contributed by atoms with van der Waals surface area (Å²) >= 11 is 1.23. The summed E-state index contributed by atoms with van der Waals surface area (Å²) in [5.74, 6) is -2.10. The second kappa shape index (κ2) is 10.1. The van der Waals surface area contributed by atoms with E-state index in [4.69, 9.17) is 4.74 Å². The number of ketones is 1. The molecule has 2 aromatic carbocycles. The van der Waals surface area contributed by atoms with Gasteiger partial charge in [0.25, 0.3) is 5.91 Å². The first-order chi connectivity index (χ1) is 19.4. The molecule has 1 aliphatic heterocycles. The number of esters is 1. The van der Waals surface area contributed by atoms with E-state index in [2.05, 4.69) is 9.97 Å². The Morgan fingerprint density at radius 3 is 2.60 bits per heavy atom. The average Bonchev–Trinajstić information content (AvgIpc) is 3.74. The Morgan fingerprint density at radius 2 is 1.88 bits per heavy atom. The fourth-order valence-corrected chi connectivity index (χ4v) is 6.32. The van der Waals surface area contributed by atoms with Crippen LogP contribution >= 0.6 is 11.3 Å². The Kier molecular flexibility index (Phi) is 6.43. The third-order valence-corrected chi connectivity index (χ3v) is 8.31. The molecule has 1 N–H and O–H groups in total. The number of aliphatic hydroxyl groups excluding tert-OH is 1. The monoisotopic (exact) mass is 555 g/mol. The van der Waals surface area contributed by atoms with Crippen LogP contribution in [0.5, 0.6) is 0 Å². The Bertz CT molecular complexity index is 1800. The number of methoxy groups -OCH3 is 1. The molecule has 5 aromatic rings. The van der Waals surface area contributed by atoms with Crippen molar-refractivity contribution in [2.75, 3.05) is 13.7 Å². The zero-order valence-electron chi connectivity index (χ0n) is 21.8. The molecule has 6 rings (SSSR count). The summed E-state index contributed by atoms with van der Waals surface area (Å²) < 4.78 is 8.63. The van der Waals surface area contributed by atoms with Gasteiger partial charge in [0, 0.05) is 31.2 Å². The van der Waals surface area contributed by atoms with Gasteiger partial charge in [-0.05, 0) is 43.2 Å². The third kappa shape index (κ3) is 4.15. The molecule has 1 unspecified atom stereocenters. The Balaban J connectivity index is 1.40. The summed E-state index contributed by atoms with van der Waals surface area (Å²) in [5, 5.41) is 11.1. The molecule has 0 aliphatic carbocycles. The Labute approximate surface area is 232 Å². The molecule has 0 radical (unpaired) electrons. The molecule has 0 spiro atoms. The van der Waals surface area contributed by atoms with Gasteiger partial charge in [-0.1, -0.05) is 35.6 Å². The van der Waals surface area contributed by atoms with Crippen molar-refractivity contribution < 1.29 is 24.2 Å². The zero-order valence-corrected chi connectivity index (χ0v) is 22.6. The van der Waals surface area contributed by atoms with Gasteiger partial charge in [-0.3, -0.25) is 14.0 Å². The predicted octanol–water partition coefficient (Wildman–Crippen LogP) is 4.51. The Morgan fingerprint density at radius 1 is 1.10 bits per heavy atom. The van der Waals surface area contributed by atoms with Crippen molar-refractivity contribution in [3.8, 4) is 0 Å². The predicted molar refractivity (Wildman–Crippen MR) is 148 cm³/mol. The van der Waals surface area contributed by atoms with Crippen molar-refractivity contribution in [1.82, 2.24) is 23.8 Å². The first-order valence-electron chi connectivity index (χ1n) is 12.7. The highest BCUT2D eigenvalue weighted by Gasteiger charge is 2.44. The lowest BCUT2D eigenvalue weighted by molar-refractivity contribution is -0.129. The van der Waals surface area contributed by atoms with E-state index in [0.29, 0.717) is 46.2 Å². The number of fused-ring (bicyclic) bond motifs is 3. The van der Waals surface area contributed by atoms with Gasteiger partial charge in [-0.15, -0.1) is 0 Å². The van der Waals surface area contributed by atoms with Crippen LogP contribution in [0.2, 0.25) is 0 Å². The maximum absolute atomic E-state index is 14.1. The summed E-state index contributed by atoms with van der Waals surface area (Å²) in [7, 11) is 1.30. The van der Waals surface area contributed by atoms with E-state index in [-0.39, 0.29) is 5.57 Å². The third-order valence-electron chi connectivity index (χ3n) is 7.16. The van der Waals surface area contributed by atoms with Crippen LogP contribution in [0, 0.1) is 6.92 Å². The van der Waals surface area contributed by atoms with Crippen molar-refractivity contribution in [2.45, 2.75) is 25.9 Å². The highest BCUT2D eigenvalue weighted by atomic mass is 32.1. The fraction of sp³-hybridized carbons (Fsp3) is 0.207. The number of hydrogen-bond donors (Lipinski definition) is 1. The molecule has 0 fully saturated rings. The number of Topliss-reactive ketones (excluding diaryl/α,β-unsaturated/α-hetero) is 1. The van der Waals surface area contributed by atoms with E-state index in [1.807, 2.05) is 46.4 Å². The standard InChI is InChI=1S/C29H25N5O5S/c1-17-26(40-29-31-20-6-3-4-7-21(20)34(17)29)24(35)22-23(18-8-10-19(11-9-18)28(38)39-2)33(27(37)25(22)36)14-5-13-32-15-12-30-16-32/h3-4,6-12,15-16,23,36H,5,13-14H2,1-2H3. The van der Waals surface area contributed by atoms with Gasteiger partial charge in [0.1, 0.15) is 0 Å². The fourth-order valence-electron chi connectivity index (χ4n) is 5.22. The molecule has 4 heterocycles. The SMILES string of the molecule is COC(=O)c1ccc(C2C(C(=O)c3sc4nc5ccccc5n4c3C)=C(O)C(=O)N2CCCn2ccnc2)cc1. The maximum Gasteiger partial charge on any atom is 0.337 e. The van der Waals surface area contributed by atoms with E-state index in [1.165, 1.54) is 23.3 Å². The van der Waals surface area contributed by atoms with Crippen molar-refractivity contribution in [3.63, 3.8) is 0 Å². The van der Waals surface area contributed by atoms with Gasteiger partial charge in [-0.25, -0.2) is 14.8 Å². The zero-order chi connectivity index (χ0) is 28.0. The van der Waals surface area contributed by atoms with Gasteiger partial charge < -0.3 is 19.3 Å². The van der Waals surface area contributed by atoms with Crippen LogP contribution in [0.15, 0.2) is 78.6 Å². The van der Waals surface area contributed by atoms with E-state index in [1.54, 1.807) is 36.8 Å². The molecular formula is C29H25N5O5S. The normalized spacial score (nSPS) is 15.5. The van der Waals surface area contributed by atoms with Crippen LogP contribution in [0.1, 0.15) is 43.7 Å². The number of imidazole rings is 2. The molecule has 1 amide bonds. The van der Waals surface area contributed by atoms with Crippen LogP contribution in [-0.2, 0) is 16.1 Å². The van der Waals surface area contributed by atoms with Gasteiger partial charge in [-0.2, -0.15) is 0 Å². The Hall–Kier alpha value is -4.77.